The minimum absolute atomic E-state index is 0.663. The van der Waals surface area contributed by atoms with Gasteiger partial charge in [-0.1, -0.05) is 12.1 Å². The van der Waals surface area contributed by atoms with Crippen LogP contribution in [0.3, 0.4) is 0 Å². The molecule has 1 saturated carbocycles. The molecule has 0 atom stereocenters. The van der Waals surface area contributed by atoms with Crippen LogP contribution >= 0.6 is 0 Å². The van der Waals surface area contributed by atoms with E-state index in [1.54, 1.807) is 0 Å². The van der Waals surface area contributed by atoms with Gasteiger partial charge in [0.2, 0.25) is 5.95 Å². The van der Waals surface area contributed by atoms with E-state index in [2.05, 4.69) is 43.2 Å². The molecule has 0 amide bonds. The van der Waals surface area contributed by atoms with E-state index in [-0.39, 0.29) is 0 Å². The van der Waals surface area contributed by atoms with Crippen molar-refractivity contribution in [1.29, 1.82) is 0 Å². The third kappa shape index (κ3) is 2.48. The Bertz CT molecular complexity index is 810. The Labute approximate surface area is 140 Å². The van der Waals surface area contributed by atoms with Crippen LogP contribution in [0.5, 0.6) is 0 Å². The lowest BCUT2D eigenvalue weighted by Crippen LogP contribution is -2.47. The molecule has 1 N–H and O–H groups in total. The van der Waals surface area contributed by atoms with Gasteiger partial charge in [-0.3, -0.25) is 0 Å². The number of fused-ring (bicyclic) bond motifs is 1. The standard InChI is InChI=1S/C18H20N6/c1-2-4-16-15(3-1)19-18(20-16)24-11-9-23(10-12-24)17-8-7-14(21-22-17)13-5-6-13/h1-4,7-8,13H,5-6,9-12H2,(H,19,20). The van der Waals surface area contributed by atoms with Gasteiger partial charge in [-0.25, -0.2) is 4.98 Å². The Morgan fingerprint density at radius 1 is 0.875 bits per heavy atom. The summed E-state index contributed by atoms with van der Waals surface area (Å²) in [5.41, 5.74) is 3.27. The molecular weight excluding hydrogens is 300 g/mol. The van der Waals surface area contributed by atoms with Gasteiger partial charge in [0.25, 0.3) is 0 Å². The predicted molar refractivity (Wildman–Crippen MR) is 94.5 cm³/mol. The third-order valence-electron chi connectivity index (χ3n) is 4.95. The minimum atomic E-state index is 0.663. The number of benzene rings is 1. The highest BCUT2D eigenvalue weighted by atomic mass is 15.4. The highest BCUT2D eigenvalue weighted by Crippen LogP contribution is 2.38. The molecule has 0 radical (unpaired) electrons. The second kappa shape index (κ2) is 5.47. The first-order chi connectivity index (χ1) is 11.9. The highest BCUT2D eigenvalue weighted by Gasteiger charge is 2.26. The molecule has 1 aliphatic heterocycles. The number of nitrogens with one attached hydrogen (secondary N) is 1. The molecule has 6 nitrogen and oxygen atoms in total. The van der Waals surface area contributed by atoms with Crippen molar-refractivity contribution >= 4 is 22.8 Å². The first-order valence-electron chi connectivity index (χ1n) is 8.65. The number of imidazole rings is 1. The Morgan fingerprint density at radius 2 is 1.67 bits per heavy atom. The van der Waals surface area contributed by atoms with Gasteiger partial charge in [-0.2, -0.15) is 5.10 Å². The van der Waals surface area contributed by atoms with E-state index >= 15 is 0 Å². The number of hydrogen-bond donors (Lipinski definition) is 1. The van der Waals surface area contributed by atoms with Gasteiger partial charge in [0.15, 0.2) is 5.82 Å². The van der Waals surface area contributed by atoms with E-state index < -0.39 is 0 Å². The molecule has 2 aliphatic rings. The van der Waals surface area contributed by atoms with Crippen LogP contribution in [0.2, 0.25) is 0 Å². The van der Waals surface area contributed by atoms with Crippen molar-refractivity contribution < 1.29 is 0 Å². The van der Waals surface area contributed by atoms with Crippen LogP contribution in [0.25, 0.3) is 11.0 Å². The highest BCUT2D eigenvalue weighted by molar-refractivity contribution is 5.77. The summed E-state index contributed by atoms with van der Waals surface area (Å²) in [7, 11) is 0. The number of anilines is 2. The molecule has 0 unspecified atom stereocenters. The molecule has 1 saturated heterocycles. The van der Waals surface area contributed by atoms with E-state index in [1.165, 1.54) is 12.8 Å². The second-order valence-corrected chi connectivity index (χ2v) is 6.64. The van der Waals surface area contributed by atoms with Crippen LogP contribution in [-0.4, -0.2) is 46.3 Å². The van der Waals surface area contributed by atoms with E-state index in [1.807, 2.05) is 18.2 Å². The van der Waals surface area contributed by atoms with Crippen LogP contribution in [0, 0.1) is 0 Å². The number of hydrogen-bond acceptors (Lipinski definition) is 5. The summed E-state index contributed by atoms with van der Waals surface area (Å²) >= 11 is 0. The first kappa shape index (κ1) is 13.8. The molecule has 24 heavy (non-hydrogen) atoms. The Hall–Kier alpha value is -2.63. The van der Waals surface area contributed by atoms with Gasteiger partial charge in [0.05, 0.1) is 16.7 Å². The lowest BCUT2D eigenvalue weighted by atomic mass is 10.2. The molecule has 0 spiro atoms. The van der Waals surface area contributed by atoms with Crippen molar-refractivity contribution in [2.45, 2.75) is 18.8 Å². The lowest BCUT2D eigenvalue weighted by molar-refractivity contribution is 0.633. The topological polar surface area (TPSA) is 60.9 Å². The van der Waals surface area contributed by atoms with Gasteiger partial charge in [0.1, 0.15) is 0 Å². The van der Waals surface area contributed by atoms with Crippen molar-refractivity contribution in [3.05, 3.63) is 42.1 Å². The molecule has 0 bridgehead atoms. The van der Waals surface area contributed by atoms with Crippen molar-refractivity contribution in [1.82, 2.24) is 20.2 Å². The fourth-order valence-corrected chi connectivity index (χ4v) is 3.34. The average Bonchev–Trinajstić information content (AvgIpc) is 3.40. The van der Waals surface area contributed by atoms with Gasteiger partial charge in [0, 0.05) is 32.1 Å². The van der Waals surface area contributed by atoms with Crippen molar-refractivity contribution in [3.8, 4) is 0 Å². The number of H-pyrrole nitrogens is 1. The Balaban J connectivity index is 1.28. The van der Waals surface area contributed by atoms with Crippen molar-refractivity contribution in [2.75, 3.05) is 36.0 Å². The number of nitrogens with zero attached hydrogens (tertiary/aromatic N) is 5. The summed E-state index contributed by atoms with van der Waals surface area (Å²) in [4.78, 5) is 12.7. The molecule has 3 heterocycles. The average molecular weight is 320 g/mol. The van der Waals surface area contributed by atoms with E-state index in [0.29, 0.717) is 5.92 Å². The zero-order valence-electron chi connectivity index (χ0n) is 13.5. The summed E-state index contributed by atoms with van der Waals surface area (Å²) in [5, 5.41) is 8.83. The van der Waals surface area contributed by atoms with Crippen LogP contribution in [0.15, 0.2) is 36.4 Å². The smallest absolute Gasteiger partial charge is 0.203 e. The zero-order valence-corrected chi connectivity index (χ0v) is 13.5. The number of para-hydroxylation sites is 2. The molecule has 6 heteroatoms. The maximum Gasteiger partial charge on any atom is 0.203 e. The largest absolute Gasteiger partial charge is 0.352 e. The quantitative estimate of drug-likeness (QED) is 0.803. The predicted octanol–water partition coefficient (Wildman–Crippen LogP) is 2.56. The third-order valence-corrected chi connectivity index (χ3v) is 4.95. The Kier molecular flexibility index (Phi) is 3.14. The van der Waals surface area contributed by atoms with Crippen LogP contribution in [0.4, 0.5) is 11.8 Å². The zero-order chi connectivity index (χ0) is 15.9. The molecular formula is C18H20N6. The fraction of sp³-hybridized carbons (Fsp3) is 0.389. The molecule has 1 aliphatic carbocycles. The molecule has 2 fully saturated rings. The van der Waals surface area contributed by atoms with Gasteiger partial charge in [-0.05, 0) is 37.1 Å². The van der Waals surface area contributed by atoms with Crippen LogP contribution < -0.4 is 9.80 Å². The number of aromatic nitrogens is 4. The normalized spacial score (nSPS) is 18.3. The van der Waals surface area contributed by atoms with Gasteiger partial charge >= 0.3 is 0 Å². The minimum Gasteiger partial charge on any atom is -0.352 e. The Morgan fingerprint density at radius 3 is 2.38 bits per heavy atom. The second-order valence-electron chi connectivity index (χ2n) is 6.64. The van der Waals surface area contributed by atoms with Gasteiger partial charge < -0.3 is 14.8 Å². The van der Waals surface area contributed by atoms with Crippen molar-refractivity contribution in [2.24, 2.45) is 0 Å². The number of piperazine rings is 1. The van der Waals surface area contributed by atoms with E-state index in [4.69, 9.17) is 4.98 Å². The molecule has 122 valence electrons. The lowest BCUT2D eigenvalue weighted by Gasteiger charge is -2.35. The van der Waals surface area contributed by atoms with Crippen LogP contribution in [0.1, 0.15) is 24.5 Å². The summed E-state index contributed by atoms with van der Waals surface area (Å²) < 4.78 is 0. The maximum absolute atomic E-state index is 4.70. The first-order valence-corrected chi connectivity index (χ1v) is 8.65. The summed E-state index contributed by atoms with van der Waals surface area (Å²) in [6.45, 7) is 3.75. The van der Waals surface area contributed by atoms with Crippen molar-refractivity contribution in [3.63, 3.8) is 0 Å². The number of aromatic amines is 1. The van der Waals surface area contributed by atoms with Gasteiger partial charge in [-0.15, -0.1) is 5.10 Å². The summed E-state index contributed by atoms with van der Waals surface area (Å²) in [6.07, 6.45) is 2.54. The molecule has 3 aromatic rings. The maximum atomic E-state index is 4.70. The van der Waals surface area contributed by atoms with E-state index in [0.717, 1.165) is 54.7 Å². The fourth-order valence-electron chi connectivity index (χ4n) is 3.34. The molecule has 5 rings (SSSR count). The SMILES string of the molecule is c1ccc2[nH]c(N3CCN(c4ccc(C5CC5)nn4)CC3)nc2c1. The summed E-state index contributed by atoms with van der Waals surface area (Å²) in [6, 6.07) is 12.4. The van der Waals surface area contributed by atoms with E-state index in [9.17, 15) is 0 Å². The number of rotatable bonds is 3. The molecule has 1 aromatic carbocycles. The molecule has 2 aromatic heterocycles. The van der Waals surface area contributed by atoms with Crippen LogP contribution in [-0.2, 0) is 0 Å². The monoisotopic (exact) mass is 320 g/mol. The summed E-state index contributed by atoms with van der Waals surface area (Å²) in [5.74, 6) is 2.62.